The monoisotopic (exact) mass is 281 g/mol. The molecule has 2 aromatic heterocycles. The molecule has 0 amide bonds. The van der Waals surface area contributed by atoms with E-state index in [1.54, 1.807) is 23.5 Å². The van der Waals surface area contributed by atoms with Gasteiger partial charge in [-0.25, -0.2) is 9.37 Å². The predicted octanol–water partition coefficient (Wildman–Crippen LogP) is 3.80. The van der Waals surface area contributed by atoms with E-state index >= 15 is 0 Å². The molecule has 0 saturated carbocycles. The highest BCUT2D eigenvalue weighted by Gasteiger charge is 2.07. The minimum atomic E-state index is -0.358. The number of nitrogens with one attached hydrogen (secondary N) is 1. The fourth-order valence-electron chi connectivity index (χ4n) is 1.71. The van der Waals surface area contributed by atoms with Crippen molar-refractivity contribution < 1.29 is 4.39 Å². The van der Waals surface area contributed by atoms with Gasteiger partial charge in [-0.1, -0.05) is 17.7 Å². The highest BCUT2D eigenvalue weighted by molar-refractivity contribution is 7.15. The normalized spacial score (nSPS) is 11.0. The van der Waals surface area contributed by atoms with Gasteiger partial charge >= 0.3 is 0 Å². The lowest BCUT2D eigenvalue weighted by Crippen LogP contribution is -2.02. The maximum absolute atomic E-state index is 13.5. The van der Waals surface area contributed by atoms with Crippen LogP contribution < -0.4 is 5.32 Å². The Morgan fingerprint density at radius 2 is 2.33 bits per heavy atom. The van der Waals surface area contributed by atoms with E-state index in [-0.39, 0.29) is 5.82 Å². The standard InChI is InChI=1S/C12H9ClFN3S/c13-9-2-1-3-10(14)11(9)15-6-8-7-17-4-5-18-12(17)16-8/h1-5,7,15H,6H2. The van der Waals surface area contributed by atoms with Gasteiger partial charge in [0.2, 0.25) is 0 Å². The first-order valence-electron chi connectivity index (χ1n) is 5.33. The van der Waals surface area contributed by atoms with Gasteiger partial charge in [0, 0.05) is 17.8 Å². The van der Waals surface area contributed by atoms with E-state index in [9.17, 15) is 4.39 Å². The van der Waals surface area contributed by atoms with Crippen molar-refractivity contribution in [2.24, 2.45) is 0 Å². The smallest absolute Gasteiger partial charge is 0.193 e. The zero-order valence-electron chi connectivity index (χ0n) is 9.23. The number of para-hydroxylation sites is 1. The molecule has 1 aromatic carbocycles. The maximum Gasteiger partial charge on any atom is 0.193 e. The van der Waals surface area contributed by atoms with E-state index in [4.69, 9.17) is 11.6 Å². The number of hydrogen-bond donors (Lipinski definition) is 1. The van der Waals surface area contributed by atoms with Crippen LogP contribution in [-0.4, -0.2) is 9.38 Å². The Labute approximate surface area is 112 Å². The second kappa shape index (κ2) is 4.59. The molecule has 3 aromatic rings. The highest BCUT2D eigenvalue weighted by atomic mass is 35.5. The molecule has 3 nitrogen and oxygen atoms in total. The molecule has 1 N–H and O–H groups in total. The molecule has 0 unspecified atom stereocenters. The second-order valence-electron chi connectivity index (χ2n) is 3.78. The third-order valence-corrected chi connectivity index (χ3v) is 3.64. The number of benzene rings is 1. The molecule has 0 aliphatic rings. The lowest BCUT2D eigenvalue weighted by Gasteiger charge is -2.07. The fraction of sp³-hybridized carbons (Fsp3) is 0.0833. The van der Waals surface area contributed by atoms with E-state index in [1.807, 2.05) is 22.2 Å². The van der Waals surface area contributed by atoms with Gasteiger partial charge in [-0.15, -0.1) is 11.3 Å². The van der Waals surface area contributed by atoms with Crippen LogP contribution in [0.3, 0.4) is 0 Å². The van der Waals surface area contributed by atoms with E-state index in [0.717, 1.165) is 10.7 Å². The minimum Gasteiger partial charge on any atom is -0.376 e. The third-order valence-electron chi connectivity index (χ3n) is 2.55. The summed E-state index contributed by atoms with van der Waals surface area (Å²) in [5.74, 6) is -0.358. The van der Waals surface area contributed by atoms with Gasteiger partial charge < -0.3 is 5.32 Å². The van der Waals surface area contributed by atoms with Crippen molar-refractivity contribution in [3.05, 3.63) is 52.5 Å². The van der Waals surface area contributed by atoms with Crippen molar-refractivity contribution >= 4 is 33.6 Å². The predicted molar refractivity (Wildman–Crippen MR) is 71.8 cm³/mol. The van der Waals surface area contributed by atoms with Gasteiger partial charge in [0.25, 0.3) is 0 Å². The average molecular weight is 282 g/mol. The molecule has 92 valence electrons. The molecule has 18 heavy (non-hydrogen) atoms. The number of nitrogens with zero attached hydrogens (tertiary/aromatic N) is 2. The first-order chi connectivity index (χ1) is 8.74. The number of halogens is 2. The summed E-state index contributed by atoms with van der Waals surface area (Å²) >= 11 is 7.49. The third kappa shape index (κ3) is 2.07. The molecule has 0 radical (unpaired) electrons. The molecule has 0 spiro atoms. The topological polar surface area (TPSA) is 29.3 Å². The van der Waals surface area contributed by atoms with Crippen LogP contribution in [0.1, 0.15) is 5.69 Å². The summed E-state index contributed by atoms with van der Waals surface area (Å²) in [5, 5.41) is 5.31. The highest BCUT2D eigenvalue weighted by Crippen LogP contribution is 2.25. The molecule has 3 rings (SSSR count). The van der Waals surface area contributed by atoms with Crippen molar-refractivity contribution in [3.63, 3.8) is 0 Å². The Hall–Kier alpha value is -1.59. The molecule has 0 aliphatic carbocycles. The average Bonchev–Trinajstić information content (AvgIpc) is 2.88. The first-order valence-corrected chi connectivity index (χ1v) is 6.59. The van der Waals surface area contributed by atoms with Crippen LogP contribution in [0.25, 0.3) is 4.96 Å². The van der Waals surface area contributed by atoms with E-state index in [1.165, 1.54) is 6.07 Å². The van der Waals surface area contributed by atoms with Crippen LogP contribution in [0.2, 0.25) is 5.02 Å². The van der Waals surface area contributed by atoms with Crippen LogP contribution in [0.15, 0.2) is 36.0 Å². The van der Waals surface area contributed by atoms with Gasteiger partial charge in [0.05, 0.1) is 22.9 Å². The number of imidazole rings is 1. The van der Waals surface area contributed by atoms with Crippen molar-refractivity contribution in [1.29, 1.82) is 0 Å². The lowest BCUT2D eigenvalue weighted by molar-refractivity contribution is 0.630. The van der Waals surface area contributed by atoms with Crippen molar-refractivity contribution in [3.8, 4) is 0 Å². The van der Waals surface area contributed by atoms with Crippen molar-refractivity contribution in [2.75, 3.05) is 5.32 Å². The number of hydrogen-bond acceptors (Lipinski definition) is 3. The second-order valence-corrected chi connectivity index (χ2v) is 5.06. The molecular weight excluding hydrogens is 273 g/mol. The molecule has 0 atom stereocenters. The number of rotatable bonds is 3. The van der Waals surface area contributed by atoms with Crippen LogP contribution in [0.5, 0.6) is 0 Å². The summed E-state index contributed by atoms with van der Waals surface area (Å²) in [5.41, 5.74) is 1.16. The minimum absolute atomic E-state index is 0.315. The summed E-state index contributed by atoms with van der Waals surface area (Å²) in [6, 6.07) is 4.61. The largest absolute Gasteiger partial charge is 0.376 e. The van der Waals surface area contributed by atoms with Gasteiger partial charge in [0.1, 0.15) is 5.82 Å². The van der Waals surface area contributed by atoms with Crippen LogP contribution >= 0.6 is 22.9 Å². The number of aromatic nitrogens is 2. The van der Waals surface area contributed by atoms with E-state index in [0.29, 0.717) is 17.3 Å². The van der Waals surface area contributed by atoms with Crippen molar-refractivity contribution in [1.82, 2.24) is 9.38 Å². The van der Waals surface area contributed by atoms with Gasteiger partial charge in [-0.2, -0.15) is 0 Å². The van der Waals surface area contributed by atoms with Crippen LogP contribution in [0.4, 0.5) is 10.1 Å². The maximum atomic E-state index is 13.5. The number of thiazole rings is 1. The molecule has 2 heterocycles. The van der Waals surface area contributed by atoms with Gasteiger partial charge in [-0.05, 0) is 12.1 Å². The number of anilines is 1. The summed E-state index contributed by atoms with van der Waals surface area (Å²) in [6.07, 6.45) is 3.85. The molecule has 6 heteroatoms. The lowest BCUT2D eigenvalue weighted by atomic mass is 10.3. The first kappa shape index (κ1) is 11.5. The summed E-state index contributed by atoms with van der Waals surface area (Å²) in [6.45, 7) is 0.440. The Morgan fingerprint density at radius 1 is 1.44 bits per heavy atom. The van der Waals surface area contributed by atoms with Gasteiger partial charge in [0.15, 0.2) is 4.96 Å². The molecule has 0 fully saturated rings. The Morgan fingerprint density at radius 3 is 3.11 bits per heavy atom. The zero-order valence-corrected chi connectivity index (χ0v) is 10.8. The summed E-state index contributed by atoms with van der Waals surface area (Å²) in [4.78, 5) is 5.32. The van der Waals surface area contributed by atoms with Crippen LogP contribution in [-0.2, 0) is 6.54 Å². The fourth-order valence-corrected chi connectivity index (χ4v) is 2.66. The molecule has 0 aliphatic heterocycles. The molecule has 0 bridgehead atoms. The number of fused-ring (bicyclic) bond motifs is 1. The van der Waals surface area contributed by atoms with E-state index < -0.39 is 0 Å². The molecule has 0 saturated heterocycles. The SMILES string of the molecule is Fc1cccc(Cl)c1NCc1cn2ccsc2n1. The Kier molecular flexibility index (Phi) is 2.93. The summed E-state index contributed by atoms with van der Waals surface area (Å²) < 4.78 is 15.5. The summed E-state index contributed by atoms with van der Waals surface area (Å²) in [7, 11) is 0. The Balaban J connectivity index is 1.80. The van der Waals surface area contributed by atoms with Crippen LogP contribution in [0, 0.1) is 5.82 Å². The molecular formula is C12H9ClFN3S. The quantitative estimate of drug-likeness (QED) is 0.791. The Bertz CT molecular complexity index is 643. The zero-order chi connectivity index (χ0) is 12.5. The van der Waals surface area contributed by atoms with Gasteiger partial charge in [-0.3, -0.25) is 4.40 Å². The van der Waals surface area contributed by atoms with E-state index in [2.05, 4.69) is 10.3 Å². The van der Waals surface area contributed by atoms with Crippen molar-refractivity contribution in [2.45, 2.75) is 6.54 Å².